The van der Waals surface area contributed by atoms with Crippen LogP contribution in [0.2, 0.25) is 0 Å². The lowest BCUT2D eigenvalue weighted by atomic mass is 9.95. The second kappa shape index (κ2) is 8.14. The largest absolute Gasteiger partial charge is 0.360 e. The Bertz CT molecular complexity index is 1090. The predicted octanol–water partition coefficient (Wildman–Crippen LogP) is 4.37. The molecule has 0 aliphatic carbocycles. The minimum atomic E-state index is -0.444. The summed E-state index contributed by atoms with van der Waals surface area (Å²) in [5, 5.41) is 2.53. The van der Waals surface area contributed by atoms with E-state index in [-0.39, 0.29) is 11.5 Å². The molecule has 1 amide bonds. The van der Waals surface area contributed by atoms with Crippen LogP contribution >= 0.6 is 11.8 Å². The van der Waals surface area contributed by atoms with Crippen molar-refractivity contribution >= 4 is 23.3 Å². The lowest BCUT2D eigenvalue weighted by Crippen LogP contribution is -2.43. The molecule has 1 aromatic carbocycles. The van der Waals surface area contributed by atoms with Crippen LogP contribution in [0.25, 0.3) is 5.65 Å². The number of piperidine rings is 1. The maximum atomic E-state index is 14.0. The van der Waals surface area contributed by atoms with Crippen molar-refractivity contribution in [3.8, 4) is 0 Å². The fourth-order valence-corrected chi connectivity index (χ4v) is 5.52. The van der Waals surface area contributed by atoms with Crippen molar-refractivity contribution in [2.45, 2.75) is 24.8 Å². The molecule has 154 valence electrons. The summed E-state index contributed by atoms with van der Waals surface area (Å²) in [5.41, 5.74) is 2.36. The zero-order valence-electron chi connectivity index (χ0n) is 16.5. The van der Waals surface area contributed by atoms with Crippen molar-refractivity contribution in [1.29, 1.82) is 0 Å². The molecule has 2 aromatic heterocycles. The van der Waals surface area contributed by atoms with Crippen LogP contribution in [0, 0.1) is 11.7 Å². The maximum absolute atomic E-state index is 14.0. The van der Waals surface area contributed by atoms with Gasteiger partial charge in [0, 0.05) is 44.4 Å². The van der Waals surface area contributed by atoms with Gasteiger partial charge in [-0.2, -0.15) is 0 Å². The van der Waals surface area contributed by atoms with E-state index in [9.17, 15) is 9.18 Å². The fourth-order valence-electron chi connectivity index (χ4n) is 4.34. The Morgan fingerprint density at radius 2 is 2.00 bits per heavy atom. The van der Waals surface area contributed by atoms with Gasteiger partial charge in [-0.15, -0.1) is 11.8 Å². The van der Waals surface area contributed by atoms with Crippen LogP contribution in [-0.2, 0) is 6.54 Å². The number of fused-ring (bicyclic) bond motifs is 1. The number of hydrogen-bond donors (Lipinski definition) is 0. The van der Waals surface area contributed by atoms with Crippen molar-refractivity contribution in [1.82, 2.24) is 19.2 Å². The number of pyridine rings is 1. The molecule has 5 rings (SSSR count). The number of amides is 1. The number of halogens is 1. The number of benzene rings is 1. The van der Waals surface area contributed by atoms with Crippen LogP contribution in [0.4, 0.5) is 4.39 Å². The van der Waals surface area contributed by atoms with Gasteiger partial charge in [-0.1, -0.05) is 12.1 Å². The summed E-state index contributed by atoms with van der Waals surface area (Å²) in [6.45, 7) is 2.18. The summed E-state index contributed by atoms with van der Waals surface area (Å²) in [4.78, 5) is 21.2. The highest BCUT2D eigenvalue weighted by Crippen LogP contribution is 2.37. The standard InChI is InChI=1S/C23H23FN4OS/c24-20-4-2-1-3-19(20)22(29)27-10-6-18(7-11-27)23-28(13-14-30-23)16-17-5-9-26-12-8-25-21(26)15-17/h1-5,8-9,12-15,18,23H,6-7,10-11,16H2. The lowest BCUT2D eigenvalue weighted by molar-refractivity contribution is 0.0663. The third-order valence-electron chi connectivity index (χ3n) is 5.96. The first-order valence-electron chi connectivity index (χ1n) is 10.2. The average molecular weight is 423 g/mol. The number of likely N-dealkylation sites (tertiary alicyclic amines) is 1. The van der Waals surface area contributed by atoms with Crippen molar-refractivity contribution in [3.05, 3.63) is 83.5 Å². The number of carbonyl (C=O) groups is 1. The van der Waals surface area contributed by atoms with Crippen molar-refractivity contribution in [2.24, 2.45) is 5.92 Å². The van der Waals surface area contributed by atoms with E-state index < -0.39 is 5.82 Å². The molecule has 3 aromatic rings. The van der Waals surface area contributed by atoms with Gasteiger partial charge >= 0.3 is 0 Å². The van der Waals surface area contributed by atoms with E-state index in [1.54, 1.807) is 23.1 Å². The monoisotopic (exact) mass is 422 g/mol. The Balaban J connectivity index is 1.22. The number of carbonyl (C=O) groups excluding carboxylic acids is 1. The molecule has 0 bridgehead atoms. The first-order chi connectivity index (χ1) is 14.7. The van der Waals surface area contributed by atoms with E-state index in [2.05, 4.69) is 33.6 Å². The van der Waals surface area contributed by atoms with Gasteiger partial charge in [0.25, 0.3) is 5.91 Å². The number of hydrogen-bond acceptors (Lipinski definition) is 4. The van der Waals surface area contributed by atoms with Gasteiger partial charge in [-0.25, -0.2) is 9.37 Å². The lowest BCUT2D eigenvalue weighted by Gasteiger charge is -2.38. The topological polar surface area (TPSA) is 40.9 Å². The number of imidazole rings is 1. The molecule has 2 aliphatic heterocycles. The van der Waals surface area contributed by atoms with Gasteiger partial charge in [-0.3, -0.25) is 4.79 Å². The third kappa shape index (κ3) is 3.69. The average Bonchev–Trinajstić information content (AvgIpc) is 3.43. The molecule has 1 saturated heterocycles. The van der Waals surface area contributed by atoms with Crippen LogP contribution in [0.3, 0.4) is 0 Å². The molecule has 1 fully saturated rings. The molecule has 0 saturated carbocycles. The molecule has 4 heterocycles. The quantitative estimate of drug-likeness (QED) is 0.626. The molecule has 30 heavy (non-hydrogen) atoms. The SMILES string of the molecule is O=C(c1ccccc1F)N1CCC(C2SC=CN2Cc2ccn3ccnc3c2)CC1. The molecule has 5 nitrogen and oxygen atoms in total. The van der Waals surface area contributed by atoms with Crippen molar-refractivity contribution in [3.63, 3.8) is 0 Å². The Morgan fingerprint density at radius 3 is 2.83 bits per heavy atom. The van der Waals surface area contributed by atoms with E-state index in [1.807, 2.05) is 34.8 Å². The third-order valence-corrected chi connectivity index (χ3v) is 7.17. The van der Waals surface area contributed by atoms with Crippen LogP contribution < -0.4 is 0 Å². The van der Waals surface area contributed by atoms with Crippen LogP contribution in [0.5, 0.6) is 0 Å². The van der Waals surface area contributed by atoms with E-state index in [1.165, 1.54) is 11.6 Å². The normalized spacial score (nSPS) is 19.7. The van der Waals surface area contributed by atoms with E-state index in [0.29, 0.717) is 24.4 Å². The summed E-state index contributed by atoms with van der Waals surface area (Å²) >= 11 is 1.85. The predicted molar refractivity (Wildman–Crippen MR) is 116 cm³/mol. The summed E-state index contributed by atoms with van der Waals surface area (Å²) in [6, 6.07) is 10.5. The van der Waals surface area contributed by atoms with Gasteiger partial charge in [0.2, 0.25) is 0 Å². The minimum Gasteiger partial charge on any atom is -0.360 e. The molecular formula is C23H23FN4OS. The Hall–Kier alpha value is -2.80. The van der Waals surface area contributed by atoms with Crippen LogP contribution in [0.15, 0.2) is 66.6 Å². The fraction of sp³-hybridized carbons (Fsp3) is 0.304. The Kier molecular flexibility index (Phi) is 5.21. The molecule has 1 unspecified atom stereocenters. The molecule has 0 N–H and O–H groups in total. The molecule has 1 atom stereocenters. The van der Waals surface area contributed by atoms with Gasteiger partial charge < -0.3 is 14.2 Å². The van der Waals surface area contributed by atoms with Crippen LogP contribution in [0.1, 0.15) is 28.8 Å². The Labute approximate surface area is 179 Å². The van der Waals surface area contributed by atoms with Gasteiger partial charge in [0.05, 0.1) is 10.9 Å². The van der Waals surface area contributed by atoms with E-state index in [4.69, 9.17) is 0 Å². The summed E-state index contributed by atoms with van der Waals surface area (Å²) < 4.78 is 16.0. The number of thioether (sulfide) groups is 1. The molecule has 7 heteroatoms. The number of aromatic nitrogens is 2. The smallest absolute Gasteiger partial charge is 0.256 e. The second-order valence-electron chi connectivity index (χ2n) is 7.82. The number of rotatable bonds is 4. The summed E-state index contributed by atoms with van der Waals surface area (Å²) in [5.74, 6) is -0.153. The van der Waals surface area contributed by atoms with Crippen molar-refractivity contribution in [2.75, 3.05) is 13.1 Å². The van der Waals surface area contributed by atoms with Crippen LogP contribution in [-0.4, -0.2) is 43.6 Å². The highest BCUT2D eigenvalue weighted by molar-refractivity contribution is 8.02. The summed E-state index contributed by atoms with van der Waals surface area (Å²) in [7, 11) is 0. The zero-order valence-corrected chi connectivity index (χ0v) is 17.3. The summed E-state index contributed by atoms with van der Waals surface area (Å²) in [6.07, 6.45) is 9.83. The van der Waals surface area contributed by atoms with E-state index >= 15 is 0 Å². The molecular weight excluding hydrogens is 399 g/mol. The maximum Gasteiger partial charge on any atom is 0.256 e. The van der Waals surface area contributed by atoms with Crippen molar-refractivity contribution < 1.29 is 9.18 Å². The highest BCUT2D eigenvalue weighted by Gasteiger charge is 2.33. The molecule has 0 spiro atoms. The minimum absolute atomic E-state index is 0.170. The van der Waals surface area contributed by atoms with Gasteiger partial charge in [0.15, 0.2) is 0 Å². The number of nitrogens with zero attached hydrogens (tertiary/aromatic N) is 4. The zero-order chi connectivity index (χ0) is 20.5. The first-order valence-corrected chi connectivity index (χ1v) is 11.2. The highest BCUT2D eigenvalue weighted by atomic mass is 32.2. The first kappa shape index (κ1) is 19.2. The molecule has 2 aliphatic rings. The van der Waals surface area contributed by atoms with E-state index in [0.717, 1.165) is 25.0 Å². The van der Waals surface area contributed by atoms with Gasteiger partial charge in [-0.05, 0) is 54.0 Å². The molecule has 0 radical (unpaired) electrons. The Morgan fingerprint density at radius 1 is 1.17 bits per heavy atom. The second-order valence-corrected chi connectivity index (χ2v) is 8.85. The van der Waals surface area contributed by atoms with Gasteiger partial charge in [0.1, 0.15) is 11.5 Å².